The topological polar surface area (TPSA) is 57.7 Å². The van der Waals surface area contributed by atoms with Crippen molar-refractivity contribution < 1.29 is 13.2 Å². The predicted octanol–water partition coefficient (Wildman–Crippen LogP) is 4.32. The van der Waals surface area contributed by atoms with Crippen molar-refractivity contribution in [1.29, 1.82) is 0 Å². The van der Waals surface area contributed by atoms with Crippen molar-refractivity contribution in [3.63, 3.8) is 0 Å². The molecule has 1 aliphatic heterocycles. The van der Waals surface area contributed by atoms with Crippen molar-refractivity contribution in [3.8, 4) is 0 Å². The van der Waals surface area contributed by atoms with E-state index in [-0.39, 0.29) is 10.8 Å². The Hall–Kier alpha value is -2.96. The van der Waals surface area contributed by atoms with Crippen molar-refractivity contribution in [2.45, 2.75) is 24.3 Å². The fourth-order valence-electron chi connectivity index (χ4n) is 3.68. The molecular weight excluding hydrogens is 396 g/mol. The van der Waals surface area contributed by atoms with Crippen LogP contribution in [0.2, 0.25) is 0 Å². The molecule has 0 radical (unpaired) electrons. The monoisotopic (exact) mass is 420 g/mol. The molecule has 1 aliphatic rings. The van der Waals surface area contributed by atoms with Gasteiger partial charge in [0.05, 0.1) is 11.4 Å². The number of nitrogens with zero attached hydrogens (tertiary/aromatic N) is 2. The molecule has 0 spiro atoms. The molecule has 4 rings (SSSR count). The number of amides is 1. The van der Waals surface area contributed by atoms with Crippen LogP contribution in [-0.2, 0) is 16.6 Å². The summed E-state index contributed by atoms with van der Waals surface area (Å²) in [5, 5.41) is 0. The highest BCUT2D eigenvalue weighted by molar-refractivity contribution is 7.89. The number of benzene rings is 3. The Morgan fingerprint density at radius 1 is 0.833 bits per heavy atom. The minimum Gasteiger partial charge on any atom is -0.304 e. The van der Waals surface area contributed by atoms with Crippen molar-refractivity contribution >= 4 is 21.6 Å². The third kappa shape index (κ3) is 4.30. The molecule has 154 valence electrons. The second kappa shape index (κ2) is 8.81. The van der Waals surface area contributed by atoms with Crippen molar-refractivity contribution in [2.24, 2.45) is 0 Å². The van der Waals surface area contributed by atoms with Gasteiger partial charge in [-0.3, -0.25) is 4.79 Å². The Morgan fingerprint density at radius 2 is 1.47 bits per heavy atom. The Morgan fingerprint density at radius 3 is 2.13 bits per heavy atom. The summed E-state index contributed by atoms with van der Waals surface area (Å²) < 4.78 is 27.4. The maximum atomic E-state index is 13.5. The van der Waals surface area contributed by atoms with E-state index in [2.05, 4.69) is 0 Å². The van der Waals surface area contributed by atoms with E-state index < -0.39 is 10.0 Å². The van der Waals surface area contributed by atoms with Gasteiger partial charge in [0.2, 0.25) is 10.0 Å². The second-order valence-corrected chi connectivity index (χ2v) is 9.29. The highest BCUT2D eigenvalue weighted by Gasteiger charge is 2.28. The van der Waals surface area contributed by atoms with Gasteiger partial charge >= 0.3 is 0 Å². The van der Waals surface area contributed by atoms with E-state index in [1.54, 1.807) is 23.1 Å². The van der Waals surface area contributed by atoms with Gasteiger partial charge in [-0.1, -0.05) is 54.6 Å². The molecule has 0 aliphatic carbocycles. The highest BCUT2D eigenvalue weighted by atomic mass is 32.2. The molecule has 0 N–H and O–H groups in total. The van der Waals surface area contributed by atoms with Gasteiger partial charge in [-0.25, -0.2) is 8.42 Å². The number of hydrogen-bond acceptors (Lipinski definition) is 3. The average molecular weight is 421 g/mol. The zero-order chi connectivity index (χ0) is 21.0. The Kier molecular flexibility index (Phi) is 5.97. The minimum absolute atomic E-state index is 0.169. The average Bonchev–Trinajstić information content (AvgIpc) is 3.34. The van der Waals surface area contributed by atoms with Gasteiger partial charge in [0, 0.05) is 24.3 Å². The summed E-state index contributed by atoms with van der Waals surface area (Å²) in [5.74, 6) is -0.233. The van der Waals surface area contributed by atoms with Crippen LogP contribution in [0.25, 0.3) is 0 Å². The molecule has 0 bridgehead atoms. The van der Waals surface area contributed by atoms with E-state index >= 15 is 0 Å². The Balaban J connectivity index is 1.68. The molecule has 30 heavy (non-hydrogen) atoms. The Labute approximate surface area is 177 Å². The number of anilines is 1. The summed E-state index contributed by atoms with van der Waals surface area (Å²) in [7, 11) is -3.58. The molecule has 0 aromatic heterocycles. The third-order valence-corrected chi connectivity index (χ3v) is 7.17. The van der Waals surface area contributed by atoms with E-state index in [9.17, 15) is 13.2 Å². The molecule has 1 saturated heterocycles. The maximum absolute atomic E-state index is 13.5. The molecule has 1 fully saturated rings. The van der Waals surface area contributed by atoms with Crippen LogP contribution in [0.15, 0.2) is 89.8 Å². The lowest BCUT2D eigenvalue weighted by Crippen LogP contribution is -2.31. The molecular formula is C24H24N2O3S. The minimum atomic E-state index is -3.58. The SMILES string of the molecule is O=C(c1cccc(S(=O)(=O)N2CCCC2)c1)N(Cc1ccccc1)c1ccccc1. The van der Waals surface area contributed by atoms with E-state index in [4.69, 9.17) is 0 Å². The molecule has 6 heteroatoms. The number of sulfonamides is 1. The van der Waals surface area contributed by atoms with Gasteiger partial charge in [-0.05, 0) is 48.7 Å². The summed E-state index contributed by atoms with van der Waals surface area (Å²) in [6, 6.07) is 25.6. The lowest BCUT2D eigenvalue weighted by Gasteiger charge is -2.24. The number of rotatable bonds is 6. The zero-order valence-corrected chi connectivity index (χ0v) is 17.5. The molecule has 5 nitrogen and oxygen atoms in total. The lowest BCUT2D eigenvalue weighted by molar-refractivity contribution is 0.0985. The summed E-state index contributed by atoms with van der Waals surface area (Å²) >= 11 is 0. The molecule has 0 saturated carbocycles. The predicted molar refractivity (Wildman–Crippen MR) is 118 cm³/mol. The maximum Gasteiger partial charge on any atom is 0.258 e. The number of carbonyl (C=O) groups is 1. The molecule has 0 atom stereocenters. The van der Waals surface area contributed by atoms with Crippen molar-refractivity contribution in [2.75, 3.05) is 18.0 Å². The van der Waals surface area contributed by atoms with Crippen molar-refractivity contribution in [3.05, 3.63) is 96.1 Å². The van der Waals surface area contributed by atoms with E-state index in [1.807, 2.05) is 60.7 Å². The van der Waals surface area contributed by atoms with E-state index in [0.717, 1.165) is 24.1 Å². The van der Waals surface area contributed by atoms with E-state index in [1.165, 1.54) is 10.4 Å². The summed E-state index contributed by atoms with van der Waals surface area (Å²) in [4.78, 5) is 15.3. The summed E-state index contributed by atoms with van der Waals surface area (Å²) in [6.07, 6.45) is 1.74. The number of hydrogen-bond donors (Lipinski definition) is 0. The van der Waals surface area contributed by atoms with Crippen LogP contribution >= 0.6 is 0 Å². The molecule has 3 aromatic rings. The molecule has 1 heterocycles. The summed E-state index contributed by atoms with van der Waals surface area (Å²) in [5.41, 5.74) is 2.12. The first kappa shape index (κ1) is 20.3. The first-order chi connectivity index (χ1) is 14.6. The fourth-order valence-corrected chi connectivity index (χ4v) is 5.24. The van der Waals surface area contributed by atoms with Gasteiger partial charge in [0.1, 0.15) is 0 Å². The van der Waals surface area contributed by atoms with Gasteiger partial charge < -0.3 is 4.90 Å². The van der Waals surface area contributed by atoms with Crippen LogP contribution in [0.4, 0.5) is 5.69 Å². The Bertz CT molecular complexity index is 1110. The molecule has 1 amide bonds. The van der Waals surface area contributed by atoms with Crippen LogP contribution in [0.3, 0.4) is 0 Å². The van der Waals surface area contributed by atoms with E-state index in [0.29, 0.717) is 25.2 Å². The lowest BCUT2D eigenvalue weighted by atomic mass is 10.1. The first-order valence-electron chi connectivity index (χ1n) is 10.1. The second-order valence-electron chi connectivity index (χ2n) is 7.35. The molecule has 0 unspecified atom stereocenters. The number of para-hydroxylation sites is 1. The quantitative estimate of drug-likeness (QED) is 0.597. The van der Waals surface area contributed by atoms with Gasteiger partial charge in [-0.15, -0.1) is 0 Å². The summed E-state index contributed by atoms with van der Waals surface area (Å²) in [6.45, 7) is 1.46. The fraction of sp³-hybridized carbons (Fsp3) is 0.208. The van der Waals surface area contributed by atoms with Crippen LogP contribution in [0.1, 0.15) is 28.8 Å². The molecule has 3 aromatic carbocycles. The highest BCUT2D eigenvalue weighted by Crippen LogP contribution is 2.24. The largest absolute Gasteiger partial charge is 0.304 e. The van der Waals surface area contributed by atoms with Crippen LogP contribution < -0.4 is 4.90 Å². The standard InChI is InChI=1S/C24H24N2O3S/c27-24(21-12-9-15-23(18-21)30(28,29)25-16-7-8-17-25)26(22-13-5-2-6-14-22)19-20-10-3-1-4-11-20/h1-6,9-15,18H,7-8,16-17,19H2. The van der Waals surface area contributed by atoms with Crippen molar-refractivity contribution in [1.82, 2.24) is 4.31 Å². The zero-order valence-electron chi connectivity index (χ0n) is 16.6. The first-order valence-corrected chi connectivity index (χ1v) is 11.5. The van der Waals surface area contributed by atoms with Crippen LogP contribution in [-0.4, -0.2) is 31.7 Å². The third-order valence-electron chi connectivity index (χ3n) is 5.28. The van der Waals surface area contributed by atoms with Gasteiger partial charge in [0.25, 0.3) is 5.91 Å². The normalized spacial score (nSPS) is 14.5. The number of carbonyl (C=O) groups excluding carboxylic acids is 1. The van der Waals surface area contributed by atoms with Gasteiger partial charge in [0.15, 0.2) is 0 Å². The van der Waals surface area contributed by atoms with Crippen LogP contribution in [0.5, 0.6) is 0 Å². The van der Waals surface area contributed by atoms with Gasteiger partial charge in [-0.2, -0.15) is 4.31 Å². The smallest absolute Gasteiger partial charge is 0.258 e. The van der Waals surface area contributed by atoms with Crippen LogP contribution in [0, 0.1) is 0 Å².